The topological polar surface area (TPSA) is 47.6 Å². The van der Waals surface area contributed by atoms with E-state index in [1.54, 1.807) is 7.11 Å². The van der Waals surface area contributed by atoms with Gasteiger partial charge in [0.1, 0.15) is 5.75 Å². The van der Waals surface area contributed by atoms with E-state index in [1.165, 1.54) is 5.56 Å². The predicted octanol–water partition coefficient (Wildman–Crippen LogP) is 4.15. The van der Waals surface area contributed by atoms with Crippen LogP contribution in [0.3, 0.4) is 0 Å². The first-order valence-electron chi connectivity index (χ1n) is 7.99. The molecule has 0 unspecified atom stereocenters. The lowest BCUT2D eigenvalue weighted by Gasteiger charge is -2.19. The first-order chi connectivity index (χ1) is 11.4. The first kappa shape index (κ1) is 18.0. The van der Waals surface area contributed by atoms with Crippen LogP contribution in [-0.4, -0.2) is 19.6 Å². The van der Waals surface area contributed by atoms with Crippen molar-refractivity contribution in [1.82, 2.24) is 0 Å². The summed E-state index contributed by atoms with van der Waals surface area (Å²) in [7, 11) is 1.65. The summed E-state index contributed by atoms with van der Waals surface area (Å²) < 4.78 is 10.6. The van der Waals surface area contributed by atoms with Gasteiger partial charge in [0.25, 0.3) is 5.91 Å². The van der Waals surface area contributed by atoms with E-state index in [0.717, 1.165) is 11.3 Å². The largest absolute Gasteiger partial charge is 0.484 e. The third-order valence-corrected chi connectivity index (χ3v) is 3.64. The lowest BCUT2D eigenvalue weighted by Crippen LogP contribution is -2.20. The van der Waals surface area contributed by atoms with Crippen LogP contribution in [0.25, 0.3) is 0 Å². The van der Waals surface area contributed by atoms with Gasteiger partial charge in [-0.25, -0.2) is 0 Å². The Morgan fingerprint density at radius 3 is 2.17 bits per heavy atom. The van der Waals surface area contributed by atoms with Crippen LogP contribution in [0.5, 0.6) is 5.75 Å². The van der Waals surface area contributed by atoms with E-state index in [1.807, 2.05) is 48.5 Å². The smallest absolute Gasteiger partial charge is 0.262 e. The zero-order chi connectivity index (χ0) is 17.6. The van der Waals surface area contributed by atoms with Gasteiger partial charge in [-0.05, 0) is 40.8 Å². The molecule has 0 heterocycles. The highest BCUT2D eigenvalue weighted by Gasteiger charge is 2.13. The summed E-state index contributed by atoms with van der Waals surface area (Å²) in [6.45, 7) is 7.02. The fourth-order valence-electron chi connectivity index (χ4n) is 2.25. The van der Waals surface area contributed by atoms with Crippen LogP contribution in [0.4, 0.5) is 5.69 Å². The van der Waals surface area contributed by atoms with Gasteiger partial charge >= 0.3 is 0 Å². The van der Waals surface area contributed by atoms with Gasteiger partial charge in [0, 0.05) is 12.8 Å². The van der Waals surface area contributed by atoms with Gasteiger partial charge in [-0.15, -0.1) is 0 Å². The second kappa shape index (κ2) is 7.97. The van der Waals surface area contributed by atoms with Crippen molar-refractivity contribution in [3.05, 3.63) is 59.7 Å². The van der Waals surface area contributed by atoms with Gasteiger partial charge < -0.3 is 14.8 Å². The minimum atomic E-state index is -0.186. The average molecular weight is 327 g/mol. The molecule has 0 aliphatic heterocycles. The third kappa shape index (κ3) is 5.39. The Morgan fingerprint density at radius 2 is 1.62 bits per heavy atom. The Morgan fingerprint density at radius 1 is 1.00 bits per heavy atom. The van der Waals surface area contributed by atoms with Crippen LogP contribution in [0.1, 0.15) is 31.9 Å². The standard InChI is InChI=1S/C20H25NO3/c1-20(2,3)16-7-11-18(12-8-16)24-14-19(22)21-17-9-5-15(6-10-17)13-23-4/h5-12H,13-14H2,1-4H3,(H,21,22). The molecule has 1 amide bonds. The molecule has 0 aliphatic carbocycles. The molecule has 0 spiro atoms. The van der Waals surface area contributed by atoms with Crippen LogP contribution in [0.2, 0.25) is 0 Å². The number of rotatable bonds is 6. The molecule has 0 aromatic heterocycles. The predicted molar refractivity (Wildman–Crippen MR) is 96.4 cm³/mol. The molecule has 128 valence electrons. The van der Waals surface area contributed by atoms with Gasteiger partial charge in [0.2, 0.25) is 0 Å². The Kier molecular flexibility index (Phi) is 5.99. The van der Waals surface area contributed by atoms with Crippen molar-refractivity contribution in [2.45, 2.75) is 32.8 Å². The minimum Gasteiger partial charge on any atom is -0.484 e. The van der Waals surface area contributed by atoms with E-state index < -0.39 is 0 Å². The molecule has 24 heavy (non-hydrogen) atoms. The van der Waals surface area contributed by atoms with E-state index in [-0.39, 0.29) is 17.9 Å². The molecule has 2 aromatic carbocycles. The molecule has 2 aromatic rings. The number of ether oxygens (including phenoxy) is 2. The zero-order valence-electron chi connectivity index (χ0n) is 14.8. The number of carbonyl (C=O) groups is 1. The molecule has 4 nitrogen and oxygen atoms in total. The van der Waals surface area contributed by atoms with Crippen molar-refractivity contribution < 1.29 is 14.3 Å². The number of nitrogens with one attached hydrogen (secondary N) is 1. The zero-order valence-corrected chi connectivity index (χ0v) is 14.8. The van der Waals surface area contributed by atoms with E-state index in [9.17, 15) is 4.79 Å². The van der Waals surface area contributed by atoms with E-state index >= 15 is 0 Å². The summed E-state index contributed by atoms with van der Waals surface area (Å²) >= 11 is 0. The Labute approximate surface area is 143 Å². The summed E-state index contributed by atoms with van der Waals surface area (Å²) in [6, 6.07) is 15.4. The number of hydrogen-bond acceptors (Lipinski definition) is 3. The molecule has 0 aliphatic rings. The van der Waals surface area contributed by atoms with Gasteiger partial charge in [-0.3, -0.25) is 4.79 Å². The normalized spacial score (nSPS) is 11.2. The summed E-state index contributed by atoms with van der Waals surface area (Å²) in [5.74, 6) is 0.503. The molecule has 0 saturated heterocycles. The SMILES string of the molecule is COCc1ccc(NC(=O)COc2ccc(C(C)(C)C)cc2)cc1. The molecule has 0 radical (unpaired) electrons. The van der Waals surface area contributed by atoms with Crippen molar-refractivity contribution in [3.8, 4) is 5.75 Å². The van der Waals surface area contributed by atoms with Gasteiger partial charge in [0.15, 0.2) is 6.61 Å². The maximum Gasteiger partial charge on any atom is 0.262 e. The highest BCUT2D eigenvalue weighted by molar-refractivity contribution is 5.91. The second-order valence-electron chi connectivity index (χ2n) is 6.74. The number of benzene rings is 2. The summed E-state index contributed by atoms with van der Waals surface area (Å²) in [5, 5.41) is 2.81. The Hall–Kier alpha value is -2.33. The Balaban J connectivity index is 1.84. The summed E-state index contributed by atoms with van der Waals surface area (Å²) in [4.78, 5) is 12.0. The summed E-state index contributed by atoms with van der Waals surface area (Å²) in [5.41, 5.74) is 3.14. The van der Waals surface area contributed by atoms with Crippen molar-refractivity contribution in [1.29, 1.82) is 0 Å². The van der Waals surface area contributed by atoms with Crippen LogP contribution in [0, 0.1) is 0 Å². The van der Waals surface area contributed by atoms with E-state index in [2.05, 4.69) is 26.1 Å². The van der Waals surface area contributed by atoms with Crippen molar-refractivity contribution in [2.75, 3.05) is 19.0 Å². The van der Waals surface area contributed by atoms with Crippen LogP contribution >= 0.6 is 0 Å². The highest BCUT2D eigenvalue weighted by atomic mass is 16.5. The highest BCUT2D eigenvalue weighted by Crippen LogP contribution is 2.24. The monoisotopic (exact) mass is 327 g/mol. The quantitative estimate of drug-likeness (QED) is 0.867. The first-order valence-corrected chi connectivity index (χ1v) is 7.99. The number of methoxy groups -OCH3 is 1. The lowest BCUT2D eigenvalue weighted by molar-refractivity contribution is -0.118. The maximum atomic E-state index is 12.0. The van der Waals surface area contributed by atoms with Crippen molar-refractivity contribution in [2.24, 2.45) is 0 Å². The lowest BCUT2D eigenvalue weighted by atomic mass is 9.87. The maximum absolute atomic E-state index is 12.0. The molecule has 0 fully saturated rings. The fourth-order valence-corrected chi connectivity index (χ4v) is 2.25. The number of hydrogen-bond donors (Lipinski definition) is 1. The van der Waals surface area contributed by atoms with Crippen LogP contribution in [0.15, 0.2) is 48.5 Å². The second-order valence-corrected chi connectivity index (χ2v) is 6.74. The Bertz CT molecular complexity index is 655. The molecule has 0 saturated carbocycles. The van der Waals surface area contributed by atoms with E-state index in [0.29, 0.717) is 12.4 Å². The van der Waals surface area contributed by atoms with E-state index in [4.69, 9.17) is 9.47 Å². The molecule has 4 heteroatoms. The minimum absolute atomic E-state index is 0.0192. The number of carbonyl (C=O) groups excluding carboxylic acids is 1. The third-order valence-electron chi connectivity index (χ3n) is 3.64. The number of amides is 1. The van der Waals surface area contributed by atoms with Crippen molar-refractivity contribution >= 4 is 11.6 Å². The van der Waals surface area contributed by atoms with Gasteiger partial charge in [0.05, 0.1) is 6.61 Å². The molecule has 0 bridgehead atoms. The molecule has 0 atom stereocenters. The average Bonchev–Trinajstić information content (AvgIpc) is 2.55. The molecule has 2 rings (SSSR count). The fraction of sp³-hybridized carbons (Fsp3) is 0.350. The van der Waals surface area contributed by atoms with Crippen molar-refractivity contribution in [3.63, 3.8) is 0 Å². The molecule has 1 N–H and O–H groups in total. The molecular weight excluding hydrogens is 302 g/mol. The molecular formula is C20H25NO3. The van der Waals surface area contributed by atoms with Crippen LogP contribution < -0.4 is 10.1 Å². The van der Waals surface area contributed by atoms with Crippen LogP contribution in [-0.2, 0) is 21.6 Å². The summed E-state index contributed by atoms with van der Waals surface area (Å²) in [6.07, 6.45) is 0. The van der Waals surface area contributed by atoms with Gasteiger partial charge in [-0.2, -0.15) is 0 Å². The number of anilines is 1. The van der Waals surface area contributed by atoms with Gasteiger partial charge in [-0.1, -0.05) is 45.0 Å².